The second-order valence-electron chi connectivity index (χ2n) is 5.94. The molecule has 0 aromatic heterocycles. The highest BCUT2D eigenvalue weighted by atomic mass is 19.4. The summed E-state index contributed by atoms with van der Waals surface area (Å²) in [7, 11) is 1.93. The van der Waals surface area contributed by atoms with Gasteiger partial charge in [-0.2, -0.15) is 0 Å². The molecule has 0 atom stereocenters. The maximum absolute atomic E-state index is 12.6. The summed E-state index contributed by atoms with van der Waals surface area (Å²) in [4.78, 5) is 6.40. The van der Waals surface area contributed by atoms with Crippen molar-refractivity contribution in [2.75, 3.05) is 18.9 Å². The van der Waals surface area contributed by atoms with E-state index in [1.165, 1.54) is 18.2 Å². The zero-order valence-corrected chi connectivity index (χ0v) is 15.2. The summed E-state index contributed by atoms with van der Waals surface area (Å²) in [5, 5.41) is 3.02. The molecule has 0 saturated carbocycles. The molecule has 0 amide bonds. The van der Waals surface area contributed by atoms with E-state index in [0.29, 0.717) is 5.69 Å². The number of para-hydroxylation sites is 2. The van der Waals surface area contributed by atoms with E-state index >= 15 is 0 Å². The third kappa shape index (κ3) is 5.40. The van der Waals surface area contributed by atoms with Crippen LogP contribution in [0.25, 0.3) is 0 Å². The third-order valence-corrected chi connectivity index (χ3v) is 3.82. The molecule has 0 aliphatic heterocycles. The van der Waals surface area contributed by atoms with Crippen LogP contribution in [-0.4, -0.2) is 31.2 Å². The van der Waals surface area contributed by atoms with Gasteiger partial charge in [0.1, 0.15) is 0 Å². The first-order valence-electron chi connectivity index (χ1n) is 8.17. The quantitative estimate of drug-likeness (QED) is 0.538. The van der Waals surface area contributed by atoms with E-state index in [1.807, 2.05) is 44.9 Å². The van der Waals surface area contributed by atoms with E-state index in [1.54, 1.807) is 12.4 Å². The van der Waals surface area contributed by atoms with Crippen LogP contribution in [0.15, 0.2) is 41.4 Å². The molecule has 2 rings (SSSR count). The van der Waals surface area contributed by atoms with Crippen LogP contribution < -0.4 is 10.1 Å². The lowest BCUT2D eigenvalue weighted by Gasteiger charge is -2.17. The standard InChI is InChI=1S/C19H22F3N3O/c1-5-25(4)12-23-16-10-14(3)17(11-13(16)2)24-15-8-6-7-9-18(15)26-19(20,21)22/h6-12,24H,5H2,1-4H3. The molecule has 140 valence electrons. The normalized spacial score (nSPS) is 11.7. The fourth-order valence-corrected chi connectivity index (χ4v) is 2.25. The molecule has 2 aromatic rings. The van der Waals surface area contributed by atoms with Crippen molar-refractivity contribution < 1.29 is 17.9 Å². The Morgan fingerprint density at radius 3 is 2.46 bits per heavy atom. The van der Waals surface area contributed by atoms with E-state index in [0.717, 1.165) is 23.4 Å². The Kier molecular flexibility index (Phi) is 6.13. The third-order valence-electron chi connectivity index (χ3n) is 3.82. The Balaban J connectivity index is 2.29. The Labute approximate surface area is 151 Å². The highest BCUT2D eigenvalue weighted by Gasteiger charge is 2.32. The van der Waals surface area contributed by atoms with Crippen LogP contribution in [0, 0.1) is 13.8 Å². The Bertz CT molecular complexity index is 788. The molecule has 0 spiro atoms. The number of benzene rings is 2. The number of nitrogens with one attached hydrogen (secondary N) is 1. The first kappa shape index (κ1) is 19.6. The number of rotatable bonds is 6. The van der Waals surface area contributed by atoms with Crippen molar-refractivity contribution in [3.63, 3.8) is 0 Å². The summed E-state index contributed by atoms with van der Waals surface area (Å²) in [5.41, 5.74) is 3.53. The van der Waals surface area contributed by atoms with E-state index in [9.17, 15) is 13.2 Å². The zero-order chi connectivity index (χ0) is 19.3. The van der Waals surface area contributed by atoms with Crippen LogP contribution in [0.1, 0.15) is 18.1 Å². The van der Waals surface area contributed by atoms with Gasteiger partial charge >= 0.3 is 6.36 Å². The number of ether oxygens (including phenoxy) is 1. The molecule has 7 heteroatoms. The van der Waals surface area contributed by atoms with Gasteiger partial charge in [-0.15, -0.1) is 13.2 Å². The van der Waals surface area contributed by atoms with Gasteiger partial charge in [-0.3, -0.25) is 0 Å². The SMILES string of the molecule is CCN(C)C=Nc1cc(C)c(Nc2ccccc2OC(F)(F)F)cc1C. The molecular weight excluding hydrogens is 343 g/mol. The first-order valence-corrected chi connectivity index (χ1v) is 8.17. The second-order valence-corrected chi connectivity index (χ2v) is 5.94. The molecule has 26 heavy (non-hydrogen) atoms. The highest BCUT2D eigenvalue weighted by molar-refractivity contribution is 5.73. The van der Waals surface area contributed by atoms with Crippen LogP contribution >= 0.6 is 0 Å². The lowest BCUT2D eigenvalue weighted by atomic mass is 10.1. The van der Waals surface area contributed by atoms with E-state index < -0.39 is 6.36 Å². The van der Waals surface area contributed by atoms with E-state index in [2.05, 4.69) is 15.0 Å². The molecule has 0 saturated heterocycles. The smallest absolute Gasteiger partial charge is 0.404 e. The fourth-order valence-electron chi connectivity index (χ4n) is 2.25. The van der Waals surface area contributed by atoms with E-state index in [-0.39, 0.29) is 11.4 Å². The van der Waals surface area contributed by atoms with Gasteiger partial charge in [-0.25, -0.2) is 4.99 Å². The number of alkyl halides is 3. The first-order chi connectivity index (χ1) is 12.2. The number of hydrogen-bond acceptors (Lipinski definition) is 3. The van der Waals surface area contributed by atoms with Crippen molar-refractivity contribution in [3.05, 3.63) is 47.5 Å². The minimum Gasteiger partial charge on any atom is -0.404 e. The topological polar surface area (TPSA) is 36.9 Å². The van der Waals surface area contributed by atoms with Crippen molar-refractivity contribution >= 4 is 23.4 Å². The van der Waals surface area contributed by atoms with Crippen molar-refractivity contribution in [2.24, 2.45) is 4.99 Å². The predicted molar refractivity (Wildman–Crippen MR) is 98.8 cm³/mol. The van der Waals surface area contributed by atoms with Gasteiger partial charge < -0.3 is 15.0 Å². The van der Waals surface area contributed by atoms with Crippen molar-refractivity contribution in [1.82, 2.24) is 4.90 Å². The summed E-state index contributed by atoms with van der Waals surface area (Å²) in [5.74, 6) is -0.274. The van der Waals surface area contributed by atoms with Crippen molar-refractivity contribution in [2.45, 2.75) is 27.1 Å². The largest absolute Gasteiger partial charge is 0.573 e. The maximum atomic E-state index is 12.6. The van der Waals surface area contributed by atoms with Gasteiger partial charge in [-0.05, 0) is 56.2 Å². The molecule has 1 N–H and O–H groups in total. The van der Waals surface area contributed by atoms with Crippen LogP contribution in [-0.2, 0) is 0 Å². The summed E-state index contributed by atoms with van der Waals surface area (Å²) >= 11 is 0. The molecular formula is C19H22F3N3O. The molecule has 0 heterocycles. The van der Waals surface area contributed by atoms with Gasteiger partial charge in [0.05, 0.1) is 17.7 Å². The highest BCUT2D eigenvalue weighted by Crippen LogP contribution is 2.34. The van der Waals surface area contributed by atoms with E-state index in [4.69, 9.17) is 0 Å². The number of nitrogens with zero attached hydrogens (tertiary/aromatic N) is 2. The number of hydrogen-bond donors (Lipinski definition) is 1. The van der Waals surface area contributed by atoms with Gasteiger partial charge in [0, 0.05) is 19.3 Å². The van der Waals surface area contributed by atoms with Crippen LogP contribution in [0.5, 0.6) is 5.75 Å². The Morgan fingerprint density at radius 2 is 1.81 bits per heavy atom. The van der Waals surface area contributed by atoms with Gasteiger partial charge in [0.15, 0.2) is 5.75 Å². The van der Waals surface area contributed by atoms with Crippen molar-refractivity contribution in [1.29, 1.82) is 0 Å². The minimum atomic E-state index is -4.74. The van der Waals surface area contributed by atoms with Crippen LogP contribution in [0.3, 0.4) is 0 Å². The molecule has 2 aromatic carbocycles. The average molecular weight is 365 g/mol. The number of aryl methyl sites for hydroxylation is 2. The monoisotopic (exact) mass is 365 g/mol. The maximum Gasteiger partial charge on any atom is 0.573 e. The average Bonchev–Trinajstić information content (AvgIpc) is 2.56. The summed E-state index contributed by atoms with van der Waals surface area (Å²) in [6.45, 7) is 6.65. The molecule has 0 fully saturated rings. The number of halogens is 3. The minimum absolute atomic E-state index is 0.245. The Morgan fingerprint density at radius 1 is 1.12 bits per heavy atom. The van der Waals surface area contributed by atoms with Gasteiger partial charge in [-0.1, -0.05) is 12.1 Å². The van der Waals surface area contributed by atoms with Gasteiger partial charge in [0.2, 0.25) is 0 Å². The second kappa shape index (κ2) is 8.12. The summed E-state index contributed by atoms with van der Waals surface area (Å²) < 4.78 is 41.8. The predicted octanol–water partition coefficient (Wildman–Crippen LogP) is 5.56. The lowest BCUT2D eigenvalue weighted by Crippen LogP contribution is -2.17. The molecule has 0 unspecified atom stereocenters. The van der Waals surface area contributed by atoms with Crippen LogP contribution in [0.4, 0.5) is 30.2 Å². The van der Waals surface area contributed by atoms with Gasteiger partial charge in [0.25, 0.3) is 0 Å². The number of aliphatic imine (C=N–C) groups is 1. The Hall–Kier alpha value is -2.70. The lowest BCUT2D eigenvalue weighted by molar-refractivity contribution is -0.274. The molecule has 0 aliphatic carbocycles. The molecule has 0 bridgehead atoms. The molecule has 0 radical (unpaired) electrons. The van der Waals surface area contributed by atoms with Crippen molar-refractivity contribution in [3.8, 4) is 5.75 Å². The summed E-state index contributed by atoms with van der Waals surface area (Å²) in [6, 6.07) is 9.71. The zero-order valence-electron chi connectivity index (χ0n) is 15.2. The fraction of sp³-hybridized carbons (Fsp3) is 0.316. The van der Waals surface area contributed by atoms with Crippen LogP contribution in [0.2, 0.25) is 0 Å². The molecule has 4 nitrogen and oxygen atoms in total. The number of anilines is 2. The molecule has 0 aliphatic rings. The summed E-state index contributed by atoms with van der Waals surface area (Å²) in [6.07, 6.45) is -2.99.